The monoisotopic (exact) mass is 484 g/mol. The maximum absolute atomic E-state index is 13.1. The van der Waals surface area contributed by atoms with E-state index in [1.807, 2.05) is 50.2 Å². The molecule has 2 heterocycles. The Labute approximate surface area is 211 Å². The first-order valence-electron chi connectivity index (χ1n) is 11.9. The Kier molecular flexibility index (Phi) is 7.31. The van der Waals surface area contributed by atoms with E-state index in [1.165, 1.54) is 5.56 Å². The Morgan fingerprint density at radius 1 is 0.857 bits per heavy atom. The summed E-state index contributed by atoms with van der Waals surface area (Å²) in [6.07, 6.45) is 0. The zero-order chi connectivity index (χ0) is 25.1. The van der Waals surface area contributed by atoms with Gasteiger partial charge in [-0.2, -0.15) is 0 Å². The van der Waals surface area contributed by atoms with Gasteiger partial charge in [0.1, 0.15) is 5.00 Å². The summed E-state index contributed by atoms with van der Waals surface area (Å²) in [6, 6.07) is 19.7. The second-order valence-corrected chi connectivity index (χ2v) is 10.4. The Morgan fingerprint density at radius 2 is 1.46 bits per heavy atom. The predicted molar refractivity (Wildman–Crippen MR) is 146 cm³/mol. The molecule has 5 nitrogen and oxygen atoms in total. The molecular formula is C29H32N4OS. The van der Waals surface area contributed by atoms with Crippen LogP contribution >= 0.6 is 11.3 Å². The van der Waals surface area contributed by atoms with Crippen molar-refractivity contribution >= 4 is 28.2 Å². The molecule has 0 saturated carbocycles. The fraction of sp³-hybridized carbons (Fsp3) is 0.276. The van der Waals surface area contributed by atoms with E-state index in [9.17, 15) is 4.79 Å². The van der Waals surface area contributed by atoms with Crippen LogP contribution in [0.4, 0.5) is 10.9 Å². The van der Waals surface area contributed by atoms with Crippen molar-refractivity contribution in [3.63, 3.8) is 0 Å². The number of aryl methyl sites for hydroxylation is 3. The molecule has 0 aliphatic carbocycles. The number of carbonyl (C=O) groups excluding carboxylic acids is 1. The number of carbonyl (C=O) groups is 1. The highest BCUT2D eigenvalue weighted by Gasteiger charge is 2.26. The average Bonchev–Trinajstić information content (AvgIpc) is 3.10. The number of thiophene rings is 1. The first-order chi connectivity index (χ1) is 16.7. The molecule has 0 unspecified atom stereocenters. The van der Waals surface area contributed by atoms with Crippen LogP contribution in [-0.2, 0) is 0 Å². The Balaban J connectivity index is 1.80. The second-order valence-electron chi connectivity index (χ2n) is 9.22. The highest BCUT2D eigenvalue weighted by molar-refractivity contribution is 7.16. The molecule has 35 heavy (non-hydrogen) atoms. The van der Waals surface area contributed by atoms with Crippen LogP contribution in [0, 0.1) is 27.7 Å². The lowest BCUT2D eigenvalue weighted by molar-refractivity contribution is 0.102. The zero-order valence-electron chi connectivity index (χ0n) is 21.1. The van der Waals surface area contributed by atoms with E-state index in [-0.39, 0.29) is 11.9 Å². The third kappa shape index (κ3) is 5.60. The van der Waals surface area contributed by atoms with E-state index in [4.69, 9.17) is 0 Å². The minimum Gasteiger partial charge on any atom is -0.343 e. The summed E-state index contributed by atoms with van der Waals surface area (Å²) >= 11 is 1.60. The van der Waals surface area contributed by atoms with Gasteiger partial charge in [0.2, 0.25) is 5.95 Å². The molecule has 6 heteroatoms. The number of hydrogen-bond acceptors (Lipinski definition) is 5. The first kappa shape index (κ1) is 24.6. The van der Waals surface area contributed by atoms with Gasteiger partial charge in [-0.3, -0.25) is 4.79 Å². The number of nitrogens with one attached hydrogen (secondary N) is 2. The van der Waals surface area contributed by atoms with Crippen LogP contribution in [0.1, 0.15) is 74.7 Å². The van der Waals surface area contributed by atoms with Crippen molar-refractivity contribution in [2.24, 2.45) is 0 Å². The van der Waals surface area contributed by atoms with Crippen LogP contribution in [-0.4, -0.2) is 15.9 Å². The standard InChI is InChI=1S/C29H32N4OS/c1-17(2)22-12-14-23(15-13-22)26(32-29-30-18(3)16-19(4)31-29)25-20(5)21(6)35-28(25)33-27(34)24-10-8-7-9-11-24/h7-17,26H,1-6H3,(H,33,34)(H,30,31,32)/t26-/m0/s1. The van der Waals surface area contributed by atoms with Gasteiger partial charge in [-0.05, 0) is 68.5 Å². The fourth-order valence-electron chi connectivity index (χ4n) is 4.16. The number of benzene rings is 2. The first-order valence-corrected chi connectivity index (χ1v) is 12.7. The van der Waals surface area contributed by atoms with Crippen LogP contribution in [0.2, 0.25) is 0 Å². The normalized spacial score (nSPS) is 12.0. The van der Waals surface area contributed by atoms with Gasteiger partial charge in [-0.25, -0.2) is 9.97 Å². The second kappa shape index (κ2) is 10.4. The molecule has 4 rings (SSSR count). The minimum absolute atomic E-state index is 0.121. The third-order valence-corrected chi connectivity index (χ3v) is 7.31. The van der Waals surface area contributed by atoms with Crippen molar-refractivity contribution in [3.8, 4) is 0 Å². The molecule has 1 atom stereocenters. The topological polar surface area (TPSA) is 66.9 Å². The van der Waals surface area contributed by atoms with Gasteiger partial charge < -0.3 is 10.6 Å². The molecule has 180 valence electrons. The summed E-state index contributed by atoms with van der Waals surface area (Å²) in [6.45, 7) is 12.5. The van der Waals surface area contributed by atoms with Crippen LogP contribution in [0.3, 0.4) is 0 Å². The minimum atomic E-state index is -0.228. The predicted octanol–water partition coefficient (Wildman–Crippen LogP) is 7.35. The summed E-state index contributed by atoms with van der Waals surface area (Å²) in [7, 11) is 0. The number of nitrogens with zero attached hydrogens (tertiary/aromatic N) is 2. The largest absolute Gasteiger partial charge is 0.343 e. The van der Waals surface area contributed by atoms with Crippen molar-refractivity contribution in [1.29, 1.82) is 0 Å². The molecule has 0 bridgehead atoms. The molecule has 0 fully saturated rings. The Morgan fingerprint density at radius 3 is 2.06 bits per heavy atom. The average molecular weight is 485 g/mol. The van der Waals surface area contributed by atoms with Crippen LogP contribution in [0.5, 0.6) is 0 Å². The van der Waals surface area contributed by atoms with E-state index in [0.29, 0.717) is 17.4 Å². The summed E-state index contributed by atoms with van der Waals surface area (Å²) in [5.41, 5.74) is 7.00. The highest BCUT2D eigenvalue weighted by atomic mass is 32.1. The molecular weight excluding hydrogens is 452 g/mol. The lowest BCUT2D eigenvalue weighted by Crippen LogP contribution is -2.19. The van der Waals surface area contributed by atoms with Gasteiger partial charge in [-0.15, -0.1) is 11.3 Å². The van der Waals surface area contributed by atoms with Crippen molar-refractivity contribution in [3.05, 3.63) is 105 Å². The van der Waals surface area contributed by atoms with Gasteiger partial charge >= 0.3 is 0 Å². The molecule has 2 aromatic heterocycles. The number of aromatic nitrogens is 2. The van der Waals surface area contributed by atoms with Crippen molar-refractivity contribution < 1.29 is 4.79 Å². The maximum Gasteiger partial charge on any atom is 0.256 e. The number of rotatable bonds is 7. The SMILES string of the molecule is Cc1cc(C)nc(N[C@@H](c2ccc(C(C)C)cc2)c2c(NC(=O)c3ccccc3)sc(C)c2C)n1. The molecule has 0 aliphatic heterocycles. The van der Waals surface area contributed by atoms with Gasteiger partial charge in [0.15, 0.2) is 0 Å². The molecule has 1 amide bonds. The van der Waals surface area contributed by atoms with E-state index in [2.05, 4.69) is 72.6 Å². The van der Waals surface area contributed by atoms with Crippen LogP contribution < -0.4 is 10.6 Å². The van der Waals surface area contributed by atoms with Gasteiger partial charge in [-0.1, -0.05) is 56.3 Å². The van der Waals surface area contributed by atoms with Crippen LogP contribution in [0.25, 0.3) is 0 Å². The van der Waals surface area contributed by atoms with Crippen LogP contribution in [0.15, 0.2) is 60.7 Å². The molecule has 4 aromatic rings. The lowest BCUT2D eigenvalue weighted by Gasteiger charge is -2.23. The number of hydrogen-bond donors (Lipinski definition) is 2. The zero-order valence-corrected chi connectivity index (χ0v) is 22.0. The summed E-state index contributed by atoms with van der Waals surface area (Å²) < 4.78 is 0. The van der Waals surface area contributed by atoms with Crippen molar-refractivity contribution in [2.75, 3.05) is 10.6 Å². The highest BCUT2D eigenvalue weighted by Crippen LogP contribution is 2.41. The van der Waals surface area contributed by atoms with Gasteiger partial charge in [0, 0.05) is 27.4 Å². The van der Waals surface area contributed by atoms with Gasteiger partial charge in [0.05, 0.1) is 6.04 Å². The van der Waals surface area contributed by atoms with E-state index in [1.54, 1.807) is 11.3 Å². The maximum atomic E-state index is 13.1. The summed E-state index contributed by atoms with van der Waals surface area (Å²) in [5, 5.41) is 7.60. The van der Waals surface area contributed by atoms with E-state index < -0.39 is 0 Å². The van der Waals surface area contributed by atoms with E-state index >= 15 is 0 Å². The molecule has 2 aromatic carbocycles. The molecule has 0 saturated heterocycles. The Bertz CT molecular complexity index is 1310. The molecule has 2 N–H and O–H groups in total. The van der Waals surface area contributed by atoms with Gasteiger partial charge in [0.25, 0.3) is 5.91 Å². The molecule has 0 radical (unpaired) electrons. The third-order valence-electron chi connectivity index (χ3n) is 6.18. The lowest BCUT2D eigenvalue weighted by atomic mass is 9.94. The number of amides is 1. The molecule has 0 aliphatic rings. The smallest absolute Gasteiger partial charge is 0.256 e. The fourth-order valence-corrected chi connectivity index (χ4v) is 5.26. The summed E-state index contributed by atoms with van der Waals surface area (Å²) in [4.78, 5) is 23.5. The number of anilines is 2. The Hall–Kier alpha value is -3.51. The van der Waals surface area contributed by atoms with E-state index in [0.717, 1.165) is 38.0 Å². The van der Waals surface area contributed by atoms with Crippen molar-refractivity contribution in [2.45, 2.75) is 53.5 Å². The molecule has 0 spiro atoms. The summed E-state index contributed by atoms with van der Waals surface area (Å²) in [5.74, 6) is 0.901. The van der Waals surface area contributed by atoms with Crippen molar-refractivity contribution in [1.82, 2.24) is 9.97 Å². The quantitative estimate of drug-likeness (QED) is 0.288.